The minimum atomic E-state index is 0.0293. The van der Waals surface area contributed by atoms with E-state index in [9.17, 15) is 0 Å². The van der Waals surface area contributed by atoms with E-state index < -0.39 is 0 Å². The zero-order chi connectivity index (χ0) is 13.8. The molecule has 3 nitrogen and oxygen atoms in total. The lowest BCUT2D eigenvalue weighted by atomic mass is 10.0. The van der Waals surface area contributed by atoms with Crippen molar-refractivity contribution in [3.05, 3.63) is 53.1 Å². The van der Waals surface area contributed by atoms with Crippen molar-refractivity contribution in [3.63, 3.8) is 0 Å². The maximum atomic E-state index is 6.24. The number of halogens is 1. The minimum absolute atomic E-state index is 0.0293. The Morgan fingerprint density at radius 2 is 2.16 bits per heavy atom. The van der Waals surface area contributed by atoms with Crippen molar-refractivity contribution in [2.75, 3.05) is 0 Å². The van der Waals surface area contributed by atoms with Crippen molar-refractivity contribution in [2.24, 2.45) is 11.7 Å². The second-order valence-electron chi connectivity index (χ2n) is 5.31. The van der Waals surface area contributed by atoms with Crippen LogP contribution in [0.15, 0.2) is 36.8 Å². The predicted molar refractivity (Wildman–Crippen MR) is 79.2 cm³/mol. The van der Waals surface area contributed by atoms with Crippen molar-refractivity contribution in [2.45, 2.75) is 32.9 Å². The third-order valence-corrected chi connectivity index (χ3v) is 3.33. The van der Waals surface area contributed by atoms with Gasteiger partial charge in [0, 0.05) is 23.8 Å². The van der Waals surface area contributed by atoms with Crippen LogP contribution in [-0.4, -0.2) is 9.55 Å². The van der Waals surface area contributed by atoms with Gasteiger partial charge in [-0.3, -0.25) is 0 Å². The molecule has 1 atom stereocenters. The second kappa shape index (κ2) is 6.22. The molecule has 1 aromatic carbocycles. The molecule has 2 aromatic rings. The monoisotopic (exact) mass is 277 g/mol. The van der Waals surface area contributed by atoms with Crippen LogP contribution in [0.3, 0.4) is 0 Å². The molecule has 0 aliphatic carbocycles. The summed E-state index contributed by atoms with van der Waals surface area (Å²) in [5, 5.41) is 0.755. The quantitative estimate of drug-likeness (QED) is 0.907. The molecular weight excluding hydrogens is 258 g/mol. The van der Waals surface area contributed by atoms with Crippen LogP contribution in [0.2, 0.25) is 5.02 Å². The molecule has 0 saturated carbocycles. The first-order valence-electron chi connectivity index (χ1n) is 6.56. The molecule has 0 amide bonds. The first-order valence-corrected chi connectivity index (χ1v) is 6.94. The minimum Gasteiger partial charge on any atom is -0.329 e. The van der Waals surface area contributed by atoms with Crippen molar-refractivity contribution in [1.82, 2.24) is 9.55 Å². The lowest BCUT2D eigenvalue weighted by Crippen LogP contribution is -2.17. The summed E-state index contributed by atoms with van der Waals surface area (Å²) in [5.41, 5.74) is 8.47. The van der Waals surface area contributed by atoms with Gasteiger partial charge in [-0.15, -0.1) is 0 Å². The molecule has 0 fully saturated rings. The molecule has 0 saturated heterocycles. The molecule has 102 valence electrons. The number of benzene rings is 1. The number of imidazole rings is 1. The highest BCUT2D eigenvalue weighted by molar-refractivity contribution is 6.30. The van der Waals surface area contributed by atoms with Gasteiger partial charge in [-0.25, -0.2) is 4.98 Å². The fourth-order valence-corrected chi connectivity index (χ4v) is 2.45. The highest BCUT2D eigenvalue weighted by Gasteiger charge is 2.13. The first kappa shape index (κ1) is 14.1. The van der Waals surface area contributed by atoms with E-state index in [0.29, 0.717) is 5.92 Å². The van der Waals surface area contributed by atoms with Crippen molar-refractivity contribution >= 4 is 11.6 Å². The number of hydrogen-bond acceptors (Lipinski definition) is 2. The summed E-state index contributed by atoms with van der Waals surface area (Å²) < 4.78 is 2.10. The first-order chi connectivity index (χ1) is 9.06. The average molecular weight is 278 g/mol. The van der Waals surface area contributed by atoms with Crippen molar-refractivity contribution < 1.29 is 0 Å². The zero-order valence-corrected chi connectivity index (χ0v) is 12.1. The Morgan fingerprint density at radius 1 is 1.37 bits per heavy atom. The van der Waals surface area contributed by atoms with Gasteiger partial charge in [-0.2, -0.15) is 0 Å². The van der Waals surface area contributed by atoms with E-state index in [4.69, 9.17) is 17.3 Å². The molecule has 2 rings (SSSR count). The second-order valence-corrected chi connectivity index (χ2v) is 5.75. The molecule has 1 aromatic heterocycles. The fraction of sp³-hybridized carbons (Fsp3) is 0.400. The van der Waals surface area contributed by atoms with E-state index in [1.807, 2.05) is 30.7 Å². The third-order valence-electron chi connectivity index (χ3n) is 3.09. The van der Waals surface area contributed by atoms with Crippen LogP contribution in [-0.2, 0) is 6.54 Å². The third kappa shape index (κ3) is 3.82. The van der Waals surface area contributed by atoms with Gasteiger partial charge >= 0.3 is 0 Å². The molecule has 0 bridgehead atoms. The largest absolute Gasteiger partial charge is 0.329 e. The van der Waals surface area contributed by atoms with E-state index in [-0.39, 0.29) is 6.04 Å². The Bertz CT molecular complexity index is 534. The van der Waals surface area contributed by atoms with Gasteiger partial charge in [0.25, 0.3) is 0 Å². The smallest absolute Gasteiger partial charge is 0.0951 e. The van der Waals surface area contributed by atoms with Gasteiger partial charge in [0.1, 0.15) is 0 Å². The fourth-order valence-electron chi connectivity index (χ4n) is 2.23. The lowest BCUT2D eigenvalue weighted by molar-refractivity contribution is 0.488. The number of nitrogens with two attached hydrogens (primary N) is 1. The molecule has 19 heavy (non-hydrogen) atoms. The Hall–Kier alpha value is -1.32. The van der Waals surface area contributed by atoms with Gasteiger partial charge in [0.05, 0.1) is 12.0 Å². The Labute approximate surface area is 119 Å². The molecule has 0 aliphatic heterocycles. The Kier molecular flexibility index (Phi) is 4.61. The molecule has 1 unspecified atom stereocenters. The summed E-state index contributed by atoms with van der Waals surface area (Å²) in [6.07, 6.45) is 4.65. The lowest BCUT2D eigenvalue weighted by Gasteiger charge is -2.16. The van der Waals surface area contributed by atoms with E-state index in [1.165, 1.54) is 0 Å². The number of hydrogen-bond donors (Lipinski definition) is 1. The van der Waals surface area contributed by atoms with E-state index in [1.54, 1.807) is 0 Å². The zero-order valence-electron chi connectivity index (χ0n) is 11.4. The molecular formula is C15H20ClN3. The maximum Gasteiger partial charge on any atom is 0.0951 e. The SMILES string of the molecule is CC(C)CC(N)c1cncn1Cc1cccc(Cl)c1. The van der Waals surface area contributed by atoms with Crippen molar-refractivity contribution in [1.29, 1.82) is 0 Å². The number of nitrogens with zero attached hydrogens (tertiary/aromatic N) is 2. The molecule has 0 aliphatic rings. The van der Waals surface area contributed by atoms with Gasteiger partial charge in [0.15, 0.2) is 0 Å². The summed E-state index contributed by atoms with van der Waals surface area (Å²) in [6.45, 7) is 5.11. The summed E-state index contributed by atoms with van der Waals surface area (Å²) in [7, 11) is 0. The summed E-state index contributed by atoms with van der Waals surface area (Å²) in [5.74, 6) is 0.574. The highest BCUT2D eigenvalue weighted by atomic mass is 35.5. The van der Waals surface area contributed by atoms with E-state index in [2.05, 4.69) is 29.5 Å². The standard InChI is InChI=1S/C15H20ClN3/c1-11(2)6-14(17)15-8-18-10-19(15)9-12-4-3-5-13(16)7-12/h3-5,7-8,10-11,14H,6,9,17H2,1-2H3. The van der Waals surface area contributed by atoms with Crippen molar-refractivity contribution in [3.8, 4) is 0 Å². The molecule has 0 radical (unpaired) electrons. The predicted octanol–water partition coefficient (Wildman–Crippen LogP) is 3.63. The average Bonchev–Trinajstić information content (AvgIpc) is 2.76. The van der Waals surface area contributed by atoms with Gasteiger partial charge in [-0.1, -0.05) is 37.6 Å². The Balaban J connectivity index is 2.15. The van der Waals surface area contributed by atoms with Gasteiger partial charge < -0.3 is 10.3 Å². The van der Waals surface area contributed by atoms with Crippen LogP contribution in [0, 0.1) is 5.92 Å². The summed E-state index contributed by atoms with van der Waals surface area (Å²) >= 11 is 6.01. The molecule has 0 spiro atoms. The van der Waals surface area contributed by atoms with E-state index in [0.717, 1.165) is 29.2 Å². The maximum absolute atomic E-state index is 6.24. The molecule has 2 N–H and O–H groups in total. The topological polar surface area (TPSA) is 43.8 Å². The van der Waals surface area contributed by atoms with Crippen LogP contribution in [0.25, 0.3) is 0 Å². The molecule has 4 heteroatoms. The summed E-state index contributed by atoms with van der Waals surface area (Å²) in [4.78, 5) is 4.22. The highest BCUT2D eigenvalue weighted by Crippen LogP contribution is 2.20. The van der Waals surface area contributed by atoms with Crippen LogP contribution >= 0.6 is 11.6 Å². The van der Waals surface area contributed by atoms with Crippen LogP contribution in [0.4, 0.5) is 0 Å². The van der Waals surface area contributed by atoms with Gasteiger partial charge in [-0.05, 0) is 30.0 Å². The molecule has 1 heterocycles. The van der Waals surface area contributed by atoms with E-state index >= 15 is 0 Å². The Morgan fingerprint density at radius 3 is 2.84 bits per heavy atom. The summed E-state index contributed by atoms with van der Waals surface area (Å²) in [6, 6.07) is 7.90. The van der Waals surface area contributed by atoms with Gasteiger partial charge in [0.2, 0.25) is 0 Å². The van der Waals surface area contributed by atoms with Crippen LogP contribution in [0.1, 0.15) is 37.6 Å². The van der Waals surface area contributed by atoms with Crippen LogP contribution < -0.4 is 5.73 Å². The van der Waals surface area contributed by atoms with Crippen LogP contribution in [0.5, 0.6) is 0 Å². The normalized spacial score (nSPS) is 12.9. The number of aromatic nitrogens is 2. The number of rotatable bonds is 5.